The van der Waals surface area contributed by atoms with Gasteiger partial charge in [0, 0.05) is 10.4 Å². The number of carbonyl (C=O) groups excluding carboxylic acids is 1. The van der Waals surface area contributed by atoms with Crippen molar-refractivity contribution in [2.75, 3.05) is 5.32 Å². The van der Waals surface area contributed by atoms with E-state index in [0.29, 0.717) is 23.0 Å². The fourth-order valence-electron chi connectivity index (χ4n) is 4.69. The lowest BCUT2D eigenvalue weighted by Gasteiger charge is -2.34. The number of amides is 1. The van der Waals surface area contributed by atoms with Crippen LogP contribution >= 0.6 is 11.3 Å². The first-order valence-electron chi connectivity index (χ1n) is 11.0. The van der Waals surface area contributed by atoms with Gasteiger partial charge in [-0.15, -0.1) is 11.3 Å². The van der Waals surface area contributed by atoms with E-state index in [2.05, 4.69) is 31.4 Å². The second-order valence-electron chi connectivity index (χ2n) is 9.85. The molecule has 1 amide bonds. The van der Waals surface area contributed by atoms with E-state index in [9.17, 15) is 18.0 Å². The van der Waals surface area contributed by atoms with E-state index < -0.39 is 17.9 Å². The van der Waals surface area contributed by atoms with E-state index in [-0.39, 0.29) is 11.3 Å². The molecule has 1 aliphatic carbocycles. The van der Waals surface area contributed by atoms with Crippen LogP contribution in [0.2, 0.25) is 0 Å². The first-order chi connectivity index (χ1) is 15.5. The molecule has 0 spiro atoms. The highest BCUT2D eigenvalue weighted by Crippen LogP contribution is 2.46. The molecule has 3 heterocycles. The van der Waals surface area contributed by atoms with Gasteiger partial charge in [0.1, 0.15) is 16.5 Å². The molecule has 2 N–H and O–H groups in total. The van der Waals surface area contributed by atoms with Gasteiger partial charge in [0.05, 0.1) is 11.1 Å². The minimum Gasteiger partial charge on any atom is -0.457 e. The topological polar surface area (TPSA) is 54.3 Å². The Morgan fingerprint density at radius 3 is 2.61 bits per heavy atom. The first-order valence-corrected chi connectivity index (χ1v) is 11.8. The van der Waals surface area contributed by atoms with Crippen LogP contribution in [0.5, 0.6) is 0 Å². The predicted molar refractivity (Wildman–Crippen MR) is 122 cm³/mol. The molecule has 0 saturated heterocycles. The van der Waals surface area contributed by atoms with Crippen molar-refractivity contribution in [3.8, 4) is 11.3 Å². The van der Waals surface area contributed by atoms with Crippen molar-refractivity contribution in [3.05, 3.63) is 63.7 Å². The van der Waals surface area contributed by atoms with Crippen molar-refractivity contribution in [2.24, 2.45) is 11.3 Å². The van der Waals surface area contributed by atoms with E-state index >= 15 is 0 Å². The zero-order valence-electron chi connectivity index (χ0n) is 18.6. The molecule has 0 radical (unpaired) electrons. The van der Waals surface area contributed by atoms with Gasteiger partial charge < -0.3 is 15.1 Å². The van der Waals surface area contributed by atoms with Gasteiger partial charge >= 0.3 is 6.18 Å². The molecule has 0 bridgehead atoms. The molecule has 5 rings (SSSR count). The Bertz CT molecular complexity index is 1220. The van der Waals surface area contributed by atoms with Crippen LogP contribution in [0.3, 0.4) is 0 Å². The minimum atomic E-state index is -4.43. The molecule has 8 heteroatoms. The lowest BCUT2D eigenvalue weighted by molar-refractivity contribution is -0.137. The molecule has 0 fully saturated rings. The molecular formula is C25H25F3N2O2S. The highest BCUT2D eigenvalue weighted by atomic mass is 32.1. The maximum atomic E-state index is 13.1. The second-order valence-corrected chi connectivity index (χ2v) is 11.0. The smallest absolute Gasteiger partial charge is 0.416 e. The highest BCUT2D eigenvalue weighted by Gasteiger charge is 2.37. The van der Waals surface area contributed by atoms with E-state index in [4.69, 9.17) is 4.42 Å². The summed E-state index contributed by atoms with van der Waals surface area (Å²) in [5.74, 6) is 1.19. The SMILES string of the molecule is CC(C)(C)[C@@H]1CCc2c(sc3c2C(=O)N[C@H](c2ccc(-c4cccc(C(F)(F)F)c4)o2)N3)C1. The molecule has 2 aromatic heterocycles. The van der Waals surface area contributed by atoms with Crippen molar-refractivity contribution in [1.82, 2.24) is 5.32 Å². The number of hydrogen-bond acceptors (Lipinski definition) is 4. The summed E-state index contributed by atoms with van der Waals surface area (Å²) in [5.41, 5.74) is 1.68. The number of fused-ring (bicyclic) bond motifs is 3. The number of alkyl halides is 3. The molecule has 2 aliphatic rings. The fourth-order valence-corrected chi connectivity index (χ4v) is 6.04. The van der Waals surface area contributed by atoms with Crippen molar-refractivity contribution in [3.63, 3.8) is 0 Å². The molecule has 0 saturated carbocycles. The summed E-state index contributed by atoms with van der Waals surface area (Å²) >= 11 is 1.63. The van der Waals surface area contributed by atoms with Crippen LogP contribution in [0, 0.1) is 11.3 Å². The first kappa shape index (κ1) is 22.1. The number of benzene rings is 1. The van der Waals surface area contributed by atoms with Gasteiger partial charge in [-0.2, -0.15) is 13.2 Å². The Kier molecular flexibility index (Phi) is 5.12. The molecule has 1 aromatic carbocycles. The van der Waals surface area contributed by atoms with Crippen LogP contribution in [0.4, 0.5) is 18.2 Å². The van der Waals surface area contributed by atoms with Gasteiger partial charge in [-0.3, -0.25) is 4.79 Å². The number of carbonyl (C=O) groups is 1. The normalized spacial score (nSPS) is 20.6. The molecular weight excluding hydrogens is 449 g/mol. The van der Waals surface area contributed by atoms with Crippen molar-refractivity contribution < 1.29 is 22.4 Å². The third-order valence-corrected chi connectivity index (χ3v) is 7.84. The maximum Gasteiger partial charge on any atom is 0.416 e. The van der Waals surface area contributed by atoms with Gasteiger partial charge in [-0.1, -0.05) is 32.9 Å². The Hall–Kier alpha value is -2.74. The molecule has 33 heavy (non-hydrogen) atoms. The highest BCUT2D eigenvalue weighted by molar-refractivity contribution is 7.16. The largest absolute Gasteiger partial charge is 0.457 e. The molecule has 1 aliphatic heterocycles. The monoisotopic (exact) mass is 474 g/mol. The lowest BCUT2D eigenvalue weighted by atomic mass is 9.72. The van der Waals surface area contributed by atoms with Crippen LogP contribution in [0.1, 0.15) is 65.5 Å². The summed E-state index contributed by atoms with van der Waals surface area (Å²) in [7, 11) is 0. The van der Waals surface area contributed by atoms with Gasteiger partial charge in [-0.25, -0.2) is 0 Å². The number of thiophene rings is 1. The van der Waals surface area contributed by atoms with E-state index in [1.807, 2.05) is 0 Å². The summed E-state index contributed by atoms with van der Waals surface area (Å²) in [6, 6.07) is 8.33. The predicted octanol–water partition coefficient (Wildman–Crippen LogP) is 7.03. The van der Waals surface area contributed by atoms with Crippen molar-refractivity contribution >= 4 is 22.2 Å². The van der Waals surface area contributed by atoms with Gasteiger partial charge in [0.2, 0.25) is 0 Å². The molecule has 4 nitrogen and oxygen atoms in total. The number of anilines is 1. The number of nitrogens with one attached hydrogen (secondary N) is 2. The number of rotatable bonds is 2. The Labute approximate surface area is 194 Å². The third-order valence-electron chi connectivity index (χ3n) is 6.65. The van der Waals surface area contributed by atoms with Crippen LogP contribution in [-0.4, -0.2) is 5.91 Å². The zero-order chi connectivity index (χ0) is 23.5. The number of furan rings is 1. The molecule has 2 atom stereocenters. The average molecular weight is 475 g/mol. The Morgan fingerprint density at radius 2 is 1.88 bits per heavy atom. The number of hydrogen-bond donors (Lipinski definition) is 2. The van der Waals surface area contributed by atoms with Gasteiger partial charge in [-0.05, 0) is 60.4 Å². The minimum absolute atomic E-state index is 0.141. The maximum absolute atomic E-state index is 13.1. The van der Waals surface area contributed by atoms with Crippen molar-refractivity contribution in [2.45, 2.75) is 52.4 Å². The Balaban J connectivity index is 1.40. The summed E-state index contributed by atoms with van der Waals surface area (Å²) in [4.78, 5) is 14.3. The Morgan fingerprint density at radius 1 is 1.09 bits per heavy atom. The quantitative estimate of drug-likeness (QED) is 0.419. The van der Waals surface area contributed by atoms with Gasteiger partial charge in [0.25, 0.3) is 5.91 Å². The second kappa shape index (κ2) is 7.65. The summed E-state index contributed by atoms with van der Waals surface area (Å²) in [6.45, 7) is 6.78. The van der Waals surface area contributed by atoms with E-state index in [1.54, 1.807) is 29.5 Å². The van der Waals surface area contributed by atoms with E-state index in [1.165, 1.54) is 10.9 Å². The average Bonchev–Trinajstić information content (AvgIpc) is 3.37. The summed E-state index contributed by atoms with van der Waals surface area (Å²) in [5, 5.41) is 7.15. The fraction of sp³-hybridized carbons (Fsp3) is 0.400. The molecule has 0 unspecified atom stereocenters. The van der Waals surface area contributed by atoms with Crippen molar-refractivity contribution in [1.29, 1.82) is 0 Å². The summed E-state index contributed by atoms with van der Waals surface area (Å²) < 4.78 is 45.1. The standard InChI is InChI=1S/C25H25F3N2O2S/c1-24(2,3)14-7-8-16-19(12-14)33-23-20(16)22(31)29-21(30-23)18-10-9-17(32-18)13-5-4-6-15(11-13)25(26,27)28/h4-6,9-11,14,21,30H,7-8,12H2,1-3H3,(H,29,31)/t14-,21+/m1/s1. The van der Waals surface area contributed by atoms with Crippen LogP contribution in [0.25, 0.3) is 11.3 Å². The van der Waals surface area contributed by atoms with E-state index in [0.717, 1.165) is 47.5 Å². The zero-order valence-corrected chi connectivity index (χ0v) is 19.4. The van der Waals surface area contributed by atoms with Crippen LogP contribution in [0.15, 0.2) is 40.8 Å². The molecule has 3 aromatic rings. The summed E-state index contributed by atoms with van der Waals surface area (Å²) in [6.07, 6.45) is -2.08. The lowest BCUT2D eigenvalue weighted by Crippen LogP contribution is -2.38. The number of halogens is 3. The van der Waals surface area contributed by atoms with Crippen LogP contribution < -0.4 is 10.6 Å². The molecule has 174 valence electrons. The van der Waals surface area contributed by atoms with Crippen LogP contribution in [-0.2, 0) is 19.0 Å². The third kappa shape index (κ3) is 4.05. The van der Waals surface area contributed by atoms with Gasteiger partial charge in [0.15, 0.2) is 6.17 Å².